The van der Waals surface area contributed by atoms with E-state index >= 15 is 0 Å². The minimum absolute atomic E-state index is 0.101. The van der Waals surface area contributed by atoms with Crippen LogP contribution in [-0.4, -0.2) is 17.5 Å². The summed E-state index contributed by atoms with van der Waals surface area (Å²) >= 11 is 3.28. The van der Waals surface area contributed by atoms with Crippen molar-refractivity contribution in [2.45, 2.75) is 6.92 Å². The minimum Gasteiger partial charge on any atom is -0.312 e. The van der Waals surface area contributed by atoms with Crippen molar-refractivity contribution in [3.63, 3.8) is 0 Å². The molecule has 0 aliphatic heterocycles. The molecule has 1 aromatic carbocycles. The maximum Gasteiger partial charge on any atom is 0.365 e. The van der Waals surface area contributed by atoms with Crippen molar-refractivity contribution >= 4 is 33.4 Å². The fourth-order valence-electron chi connectivity index (χ4n) is 1.46. The first-order valence-corrected chi connectivity index (χ1v) is 6.31. The first kappa shape index (κ1) is 13.4. The second-order valence-corrected chi connectivity index (χ2v) is 4.84. The van der Waals surface area contributed by atoms with E-state index in [9.17, 15) is 9.59 Å². The monoisotopic (exact) mass is 319 g/mol. The number of benzene rings is 1. The van der Waals surface area contributed by atoms with Gasteiger partial charge in [0.15, 0.2) is 5.78 Å². The Hall–Kier alpha value is -2.01. The Labute approximate surface area is 118 Å². The third-order valence-electron chi connectivity index (χ3n) is 2.48. The van der Waals surface area contributed by atoms with Crippen LogP contribution in [0.1, 0.15) is 17.3 Å². The van der Waals surface area contributed by atoms with E-state index in [1.54, 1.807) is 31.2 Å². The van der Waals surface area contributed by atoms with Crippen LogP contribution in [0.15, 0.2) is 57.7 Å². The average Bonchev–Trinajstić information content (AvgIpc) is 2.38. The van der Waals surface area contributed by atoms with Gasteiger partial charge in [0.2, 0.25) is 0 Å². The molecule has 0 saturated carbocycles. The first-order chi connectivity index (χ1) is 9.06. The maximum atomic E-state index is 11.7. The molecule has 2 rings (SSSR count). The lowest BCUT2D eigenvalue weighted by atomic mass is 10.1. The van der Waals surface area contributed by atoms with Crippen molar-refractivity contribution < 1.29 is 14.4 Å². The molecule has 0 amide bonds. The molecule has 5 heteroatoms. The van der Waals surface area contributed by atoms with E-state index in [2.05, 4.69) is 21.1 Å². The van der Waals surface area contributed by atoms with Crippen LogP contribution < -0.4 is 0 Å². The van der Waals surface area contributed by atoms with Gasteiger partial charge in [-0.1, -0.05) is 21.1 Å². The smallest absolute Gasteiger partial charge is 0.312 e. The van der Waals surface area contributed by atoms with Gasteiger partial charge in [-0.3, -0.25) is 4.79 Å². The minimum atomic E-state index is -0.543. The number of hydrogen-bond donors (Lipinski definition) is 0. The summed E-state index contributed by atoms with van der Waals surface area (Å²) in [6, 6.07) is 6.76. The number of carbonyl (C=O) groups excluding carboxylic acids is 2. The van der Waals surface area contributed by atoms with Crippen LogP contribution in [0.2, 0.25) is 0 Å². The van der Waals surface area contributed by atoms with Gasteiger partial charge < -0.3 is 4.84 Å². The van der Waals surface area contributed by atoms with Crippen molar-refractivity contribution in [2.24, 2.45) is 5.16 Å². The standard InChI is InChI=1S/C14H10BrNO3/c1-9-8-12(17)6-7-13(9)16-19-14(18)10-2-4-11(15)5-3-10/h2-8H,1H3/b16-13-. The lowest BCUT2D eigenvalue weighted by Gasteiger charge is -2.05. The summed E-state index contributed by atoms with van der Waals surface area (Å²) in [5.74, 6) is -0.645. The normalized spacial score (nSPS) is 16.4. The molecule has 4 nitrogen and oxygen atoms in total. The van der Waals surface area contributed by atoms with E-state index in [4.69, 9.17) is 4.84 Å². The summed E-state index contributed by atoms with van der Waals surface area (Å²) in [5, 5.41) is 3.75. The molecule has 19 heavy (non-hydrogen) atoms. The molecule has 0 unspecified atom stereocenters. The number of ketones is 1. The van der Waals surface area contributed by atoms with E-state index in [0.29, 0.717) is 16.8 Å². The maximum absolute atomic E-state index is 11.7. The van der Waals surface area contributed by atoms with Crippen LogP contribution in [0.25, 0.3) is 0 Å². The second-order valence-electron chi connectivity index (χ2n) is 3.93. The van der Waals surface area contributed by atoms with Crippen molar-refractivity contribution in [2.75, 3.05) is 0 Å². The molecular weight excluding hydrogens is 310 g/mol. The number of allylic oxidation sites excluding steroid dienone is 4. The topological polar surface area (TPSA) is 55.7 Å². The quantitative estimate of drug-likeness (QED) is 0.478. The molecule has 0 saturated heterocycles. The SMILES string of the molecule is CC1=CC(=O)C=C/C1=N/OC(=O)c1ccc(Br)cc1. The second kappa shape index (κ2) is 5.75. The van der Waals surface area contributed by atoms with Crippen molar-refractivity contribution in [1.29, 1.82) is 0 Å². The lowest BCUT2D eigenvalue weighted by Crippen LogP contribution is -2.08. The molecule has 0 radical (unpaired) electrons. The number of oxime groups is 1. The highest BCUT2D eigenvalue weighted by atomic mass is 79.9. The molecule has 0 fully saturated rings. The molecule has 0 bridgehead atoms. The van der Waals surface area contributed by atoms with Crippen molar-refractivity contribution in [3.8, 4) is 0 Å². The Morgan fingerprint density at radius 3 is 2.53 bits per heavy atom. The number of hydrogen-bond acceptors (Lipinski definition) is 4. The molecule has 0 atom stereocenters. The van der Waals surface area contributed by atoms with Crippen LogP contribution in [0.4, 0.5) is 0 Å². The summed E-state index contributed by atoms with van der Waals surface area (Å²) in [7, 11) is 0. The molecule has 0 spiro atoms. The van der Waals surface area contributed by atoms with E-state index in [1.165, 1.54) is 18.2 Å². The van der Waals surface area contributed by atoms with Gasteiger partial charge in [-0.15, -0.1) is 0 Å². The predicted octanol–water partition coefficient (Wildman–Crippen LogP) is 3.05. The van der Waals surface area contributed by atoms with E-state index < -0.39 is 5.97 Å². The highest BCUT2D eigenvalue weighted by Gasteiger charge is 2.10. The molecule has 1 aliphatic carbocycles. The van der Waals surface area contributed by atoms with Crippen LogP contribution in [0.5, 0.6) is 0 Å². The Balaban J connectivity index is 2.08. The highest BCUT2D eigenvalue weighted by Crippen LogP contribution is 2.12. The van der Waals surface area contributed by atoms with Crippen LogP contribution in [0.3, 0.4) is 0 Å². The Bertz CT molecular complexity index is 612. The van der Waals surface area contributed by atoms with Gasteiger partial charge in [0.1, 0.15) is 5.71 Å². The zero-order chi connectivity index (χ0) is 13.8. The molecule has 96 valence electrons. The number of rotatable bonds is 2. The fourth-order valence-corrected chi connectivity index (χ4v) is 1.72. The van der Waals surface area contributed by atoms with E-state index in [-0.39, 0.29) is 5.78 Å². The van der Waals surface area contributed by atoms with Crippen LogP contribution in [-0.2, 0) is 9.63 Å². The molecular formula is C14H10BrNO3. The van der Waals surface area contributed by atoms with Gasteiger partial charge in [-0.05, 0) is 55.0 Å². The zero-order valence-corrected chi connectivity index (χ0v) is 11.7. The largest absolute Gasteiger partial charge is 0.365 e. The Morgan fingerprint density at radius 1 is 1.21 bits per heavy atom. The fraction of sp³-hybridized carbons (Fsp3) is 0.0714. The first-order valence-electron chi connectivity index (χ1n) is 5.52. The van der Waals surface area contributed by atoms with Crippen molar-refractivity contribution in [3.05, 3.63) is 58.1 Å². The molecule has 0 aromatic heterocycles. The van der Waals surface area contributed by atoms with Crippen LogP contribution >= 0.6 is 15.9 Å². The van der Waals surface area contributed by atoms with Gasteiger partial charge >= 0.3 is 5.97 Å². The third kappa shape index (κ3) is 3.48. The molecule has 1 aromatic rings. The number of nitrogens with zero attached hydrogens (tertiary/aromatic N) is 1. The number of halogens is 1. The van der Waals surface area contributed by atoms with E-state index in [0.717, 1.165) is 4.47 Å². The zero-order valence-electron chi connectivity index (χ0n) is 10.1. The molecule has 1 aliphatic rings. The van der Waals surface area contributed by atoms with Gasteiger partial charge in [0.05, 0.1) is 5.56 Å². The van der Waals surface area contributed by atoms with Crippen molar-refractivity contribution in [1.82, 2.24) is 0 Å². The summed E-state index contributed by atoms with van der Waals surface area (Å²) < 4.78 is 0.878. The van der Waals surface area contributed by atoms with Gasteiger partial charge in [-0.25, -0.2) is 4.79 Å². The van der Waals surface area contributed by atoms with Crippen LogP contribution in [0, 0.1) is 0 Å². The Kier molecular flexibility index (Phi) is 4.06. The third-order valence-corrected chi connectivity index (χ3v) is 3.00. The summed E-state index contributed by atoms with van der Waals surface area (Å²) in [5.41, 5.74) is 1.53. The van der Waals surface area contributed by atoms with Gasteiger partial charge in [0, 0.05) is 4.47 Å². The lowest BCUT2D eigenvalue weighted by molar-refractivity contribution is -0.110. The van der Waals surface area contributed by atoms with Gasteiger partial charge in [-0.2, -0.15) is 0 Å². The predicted molar refractivity (Wildman–Crippen MR) is 74.9 cm³/mol. The van der Waals surface area contributed by atoms with E-state index in [1.807, 2.05) is 0 Å². The summed E-state index contributed by atoms with van der Waals surface area (Å²) in [6.45, 7) is 1.73. The molecule has 0 N–H and O–H groups in total. The van der Waals surface area contributed by atoms with Gasteiger partial charge in [0.25, 0.3) is 0 Å². The average molecular weight is 320 g/mol. The summed E-state index contributed by atoms with van der Waals surface area (Å²) in [4.78, 5) is 27.6. The number of carbonyl (C=O) groups is 2. The highest BCUT2D eigenvalue weighted by molar-refractivity contribution is 9.10. The Morgan fingerprint density at radius 2 is 1.89 bits per heavy atom. The summed E-state index contributed by atoms with van der Waals surface area (Å²) in [6.07, 6.45) is 4.33. The molecule has 0 heterocycles.